The summed E-state index contributed by atoms with van der Waals surface area (Å²) in [7, 11) is 0. The Morgan fingerprint density at radius 3 is 2.43 bits per heavy atom. The van der Waals surface area contributed by atoms with Crippen molar-refractivity contribution in [3.05, 3.63) is 96.8 Å². The van der Waals surface area contributed by atoms with E-state index in [1.165, 1.54) is 12.1 Å². The quantitative estimate of drug-likeness (QED) is 0.493. The Kier molecular flexibility index (Phi) is 4.69. The fraction of sp³-hybridized carbons (Fsp3) is 0.0870. The average Bonchev–Trinajstić information content (AvgIpc) is 3.43. The molecule has 4 aromatic rings. The van der Waals surface area contributed by atoms with Crippen LogP contribution in [-0.2, 0) is 15.9 Å². The van der Waals surface area contributed by atoms with Gasteiger partial charge in [-0.1, -0.05) is 35.5 Å². The zero-order valence-electron chi connectivity index (χ0n) is 15.9. The highest BCUT2D eigenvalue weighted by Crippen LogP contribution is 2.33. The number of rotatable bonds is 5. The largest absolute Gasteiger partial charge is 0.456 e. The van der Waals surface area contributed by atoms with Crippen LogP contribution in [0.5, 0.6) is 0 Å². The Balaban J connectivity index is 1.49. The van der Waals surface area contributed by atoms with Crippen molar-refractivity contribution in [2.75, 3.05) is 0 Å². The van der Waals surface area contributed by atoms with Crippen LogP contribution >= 0.6 is 0 Å². The summed E-state index contributed by atoms with van der Waals surface area (Å²) < 4.78 is 26.7. The topological polar surface area (TPSA) is 62.1 Å². The Bertz CT molecular complexity index is 1180. The second kappa shape index (κ2) is 7.79. The number of aromatic nitrogens is 4. The molecular weight excluding hydrogens is 383 g/mol. The van der Waals surface area contributed by atoms with Crippen LogP contribution in [0.25, 0.3) is 28.4 Å². The lowest BCUT2D eigenvalue weighted by Gasteiger charge is -2.13. The zero-order chi connectivity index (χ0) is 20.3. The lowest BCUT2D eigenvalue weighted by atomic mass is 10.1. The van der Waals surface area contributed by atoms with Gasteiger partial charge in [0.15, 0.2) is 6.26 Å². The molecule has 1 aliphatic rings. The zero-order valence-corrected chi connectivity index (χ0v) is 15.9. The summed E-state index contributed by atoms with van der Waals surface area (Å²) in [6, 6.07) is 19.8. The number of halogens is 1. The Morgan fingerprint density at radius 2 is 1.67 bits per heavy atom. The van der Waals surface area contributed by atoms with Gasteiger partial charge in [0.25, 0.3) is 5.88 Å². The first kappa shape index (κ1) is 18.1. The van der Waals surface area contributed by atoms with Crippen LogP contribution in [-0.4, -0.2) is 26.3 Å². The third kappa shape index (κ3) is 3.53. The maximum Gasteiger partial charge on any atom is 0.255 e. The molecular formula is C23H17FN4O2. The van der Waals surface area contributed by atoms with Gasteiger partial charge in [-0.15, -0.1) is 5.10 Å². The first-order valence-electron chi connectivity index (χ1n) is 9.46. The van der Waals surface area contributed by atoms with Crippen LogP contribution in [0.2, 0.25) is 0 Å². The van der Waals surface area contributed by atoms with E-state index in [-0.39, 0.29) is 5.82 Å². The first-order valence-corrected chi connectivity index (χ1v) is 9.46. The second-order valence-corrected chi connectivity index (χ2v) is 6.77. The number of ether oxygens (including phenoxy) is 2. The highest BCUT2D eigenvalue weighted by Gasteiger charge is 2.26. The van der Waals surface area contributed by atoms with Crippen LogP contribution in [0.15, 0.2) is 85.4 Å². The molecule has 1 atom stereocenters. The summed E-state index contributed by atoms with van der Waals surface area (Å²) in [6.07, 6.45) is 5.08. The smallest absolute Gasteiger partial charge is 0.255 e. The molecule has 0 spiro atoms. The molecule has 0 saturated carbocycles. The van der Waals surface area contributed by atoms with E-state index in [0.29, 0.717) is 23.7 Å². The molecule has 7 heteroatoms. The predicted molar refractivity (Wildman–Crippen MR) is 109 cm³/mol. The van der Waals surface area contributed by atoms with Gasteiger partial charge < -0.3 is 9.47 Å². The number of hydrogen-bond donors (Lipinski definition) is 0. The number of benzene rings is 2. The molecule has 148 valence electrons. The first-order chi connectivity index (χ1) is 14.8. The molecule has 30 heavy (non-hydrogen) atoms. The van der Waals surface area contributed by atoms with Crippen molar-refractivity contribution >= 4 is 5.88 Å². The number of pyridine rings is 1. The van der Waals surface area contributed by atoms with Crippen molar-refractivity contribution in [3.63, 3.8) is 0 Å². The van der Waals surface area contributed by atoms with Gasteiger partial charge in [0.05, 0.1) is 0 Å². The van der Waals surface area contributed by atoms with Crippen molar-refractivity contribution in [3.8, 4) is 22.5 Å². The summed E-state index contributed by atoms with van der Waals surface area (Å²) in [5.74, 6) is 0.124. The highest BCUT2D eigenvalue weighted by molar-refractivity contribution is 5.79. The molecule has 2 aromatic heterocycles. The van der Waals surface area contributed by atoms with Gasteiger partial charge in [-0.05, 0) is 42.0 Å². The fourth-order valence-electron chi connectivity index (χ4n) is 3.33. The minimum absolute atomic E-state index is 0.310. The van der Waals surface area contributed by atoms with Crippen LogP contribution in [0.4, 0.5) is 4.39 Å². The third-order valence-corrected chi connectivity index (χ3v) is 4.77. The van der Waals surface area contributed by atoms with Gasteiger partial charge in [0.2, 0.25) is 6.29 Å². The molecule has 0 aliphatic carbocycles. The van der Waals surface area contributed by atoms with Gasteiger partial charge >= 0.3 is 0 Å². The van der Waals surface area contributed by atoms with Crippen LogP contribution < -0.4 is 0 Å². The fourth-order valence-corrected chi connectivity index (χ4v) is 3.33. The lowest BCUT2D eigenvalue weighted by molar-refractivity contribution is -0.0174. The molecule has 0 radical (unpaired) electrons. The predicted octanol–water partition coefficient (Wildman–Crippen LogP) is 4.52. The molecule has 0 amide bonds. The third-order valence-electron chi connectivity index (χ3n) is 4.77. The van der Waals surface area contributed by atoms with Crippen molar-refractivity contribution in [2.45, 2.75) is 12.7 Å². The maximum absolute atomic E-state index is 13.4. The average molecular weight is 400 g/mol. The molecule has 1 aliphatic heterocycles. The molecule has 0 N–H and O–H groups in total. The Morgan fingerprint density at radius 1 is 0.900 bits per heavy atom. The summed E-state index contributed by atoms with van der Waals surface area (Å²) >= 11 is 0. The summed E-state index contributed by atoms with van der Waals surface area (Å²) in [5, 5.41) is 8.63. The number of hydrogen-bond acceptors (Lipinski definition) is 5. The minimum Gasteiger partial charge on any atom is -0.456 e. The van der Waals surface area contributed by atoms with E-state index in [2.05, 4.69) is 15.3 Å². The van der Waals surface area contributed by atoms with Gasteiger partial charge in [0, 0.05) is 29.9 Å². The second-order valence-electron chi connectivity index (χ2n) is 6.77. The normalized spacial score (nSPS) is 15.4. The molecule has 5 rings (SSSR count). The van der Waals surface area contributed by atoms with E-state index in [0.717, 1.165) is 16.7 Å². The summed E-state index contributed by atoms with van der Waals surface area (Å²) in [4.78, 5) is 4.09. The standard InChI is InChI=1S/C23H17FN4O2/c24-19-8-6-17(7-9-19)22-23(18-10-12-25-13-11-18)28(27-26-22)20-15-29-21(30-20)14-16-4-2-1-3-5-16/h1-13,15,21H,14H2. The molecule has 0 bridgehead atoms. The van der Waals surface area contributed by atoms with Gasteiger partial charge in [0.1, 0.15) is 17.2 Å². The van der Waals surface area contributed by atoms with Crippen LogP contribution in [0, 0.1) is 5.82 Å². The van der Waals surface area contributed by atoms with Crippen LogP contribution in [0.1, 0.15) is 5.56 Å². The monoisotopic (exact) mass is 400 g/mol. The van der Waals surface area contributed by atoms with E-state index in [4.69, 9.17) is 9.47 Å². The lowest BCUT2D eigenvalue weighted by Crippen LogP contribution is -2.14. The molecule has 0 fully saturated rings. The SMILES string of the molecule is Fc1ccc(-c2nnn(C3=COC(Cc4ccccc4)O3)c2-c2ccncc2)cc1. The summed E-state index contributed by atoms with van der Waals surface area (Å²) in [5.41, 5.74) is 4.02. The van der Waals surface area contributed by atoms with E-state index in [1.807, 2.05) is 42.5 Å². The maximum atomic E-state index is 13.4. The van der Waals surface area contributed by atoms with Gasteiger partial charge in [-0.3, -0.25) is 4.98 Å². The minimum atomic E-state index is -0.453. The number of nitrogens with zero attached hydrogens (tertiary/aromatic N) is 4. The molecule has 2 aromatic carbocycles. The van der Waals surface area contributed by atoms with Crippen molar-refractivity contribution < 1.29 is 13.9 Å². The van der Waals surface area contributed by atoms with E-state index in [9.17, 15) is 4.39 Å². The molecule has 3 heterocycles. The van der Waals surface area contributed by atoms with Crippen molar-refractivity contribution in [2.24, 2.45) is 0 Å². The van der Waals surface area contributed by atoms with E-state index in [1.54, 1.807) is 35.5 Å². The summed E-state index contributed by atoms with van der Waals surface area (Å²) in [6.45, 7) is 0. The Labute approximate surface area is 172 Å². The molecule has 6 nitrogen and oxygen atoms in total. The molecule has 1 unspecified atom stereocenters. The van der Waals surface area contributed by atoms with Gasteiger partial charge in [-0.2, -0.15) is 4.68 Å². The van der Waals surface area contributed by atoms with Crippen molar-refractivity contribution in [1.29, 1.82) is 0 Å². The van der Waals surface area contributed by atoms with Crippen molar-refractivity contribution in [1.82, 2.24) is 20.0 Å². The van der Waals surface area contributed by atoms with Gasteiger partial charge in [-0.25, -0.2) is 4.39 Å². The van der Waals surface area contributed by atoms with Crippen LogP contribution in [0.3, 0.4) is 0 Å². The van der Waals surface area contributed by atoms with E-state index < -0.39 is 6.29 Å². The Hall–Kier alpha value is -4.00. The van der Waals surface area contributed by atoms with E-state index >= 15 is 0 Å². The molecule has 0 saturated heterocycles. The highest BCUT2D eigenvalue weighted by atomic mass is 19.1.